The number of nitrogens with zero attached hydrogens (tertiary/aromatic N) is 4. The molecule has 1 aliphatic heterocycles. The molecule has 0 aromatic carbocycles. The number of hydrogen-bond acceptors (Lipinski definition) is 7. The molecule has 1 amide bonds. The Morgan fingerprint density at radius 3 is 2.92 bits per heavy atom. The van der Waals surface area contributed by atoms with Crippen LogP contribution in [-0.4, -0.2) is 45.7 Å². The Morgan fingerprint density at radius 1 is 1.38 bits per heavy atom. The van der Waals surface area contributed by atoms with E-state index in [4.69, 9.17) is 9.15 Å². The summed E-state index contributed by atoms with van der Waals surface area (Å²) in [4.78, 5) is 19.9. The van der Waals surface area contributed by atoms with Crippen LogP contribution in [0.5, 0.6) is 0 Å². The van der Waals surface area contributed by atoms with Crippen molar-refractivity contribution in [1.82, 2.24) is 20.1 Å². The fraction of sp³-hybridized carbons (Fsp3) is 0.625. The van der Waals surface area contributed by atoms with Crippen molar-refractivity contribution < 1.29 is 13.9 Å². The van der Waals surface area contributed by atoms with Gasteiger partial charge >= 0.3 is 0 Å². The Bertz CT molecular complexity index is 737. The molecule has 3 heterocycles. The van der Waals surface area contributed by atoms with Gasteiger partial charge in [-0.3, -0.25) is 4.79 Å². The quantitative estimate of drug-likeness (QED) is 0.845. The van der Waals surface area contributed by atoms with E-state index < -0.39 is 0 Å². The van der Waals surface area contributed by atoms with E-state index in [1.54, 1.807) is 5.51 Å². The average molecular weight is 348 g/mol. The Hall–Kier alpha value is -1.80. The SMILES string of the molecule is CC(C)c1nnc(C2CN(C(=O)c3scnc3C3CC3)CCO2)o1. The second-order valence-corrected chi connectivity index (χ2v) is 7.44. The summed E-state index contributed by atoms with van der Waals surface area (Å²) in [5.74, 6) is 1.72. The summed E-state index contributed by atoms with van der Waals surface area (Å²) in [6.45, 7) is 5.46. The van der Waals surface area contributed by atoms with Crippen LogP contribution in [0.2, 0.25) is 0 Å². The van der Waals surface area contributed by atoms with Crippen LogP contribution in [0, 0.1) is 0 Å². The summed E-state index contributed by atoms with van der Waals surface area (Å²) >= 11 is 1.43. The monoisotopic (exact) mass is 348 g/mol. The second kappa shape index (κ2) is 6.25. The van der Waals surface area contributed by atoms with E-state index >= 15 is 0 Å². The number of hydrogen-bond donors (Lipinski definition) is 0. The molecular formula is C16H20N4O3S. The molecule has 1 saturated heterocycles. The van der Waals surface area contributed by atoms with E-state index in [1.165, 1.54) is 11.3 Å². The normalized spacial score (nSPS) is 21.5. The highest BCUT2D eigenvalue weighted by atomic mass is 32.1. The van der Waals surface area contributed by atoms with E-state index in [1.807, 2.05) is 18.7 Å². The van der Waals surface area contributed by atoms with E-state index in [-0.39, 0.29) is 17.9 Å². The minimum absolute atomic E-state index is 0.0382. The second-order valence-electron chi connectivity index (χ2n) is 6.58. The van der Waals surface area contributed by atoms with Gasteiger partial charge in [0.15, 0.2) is 6.10 Å². The Morgan fingerprint density at radius 2 is 2.21 bits per heavy atom. The lowest BCUT2D eigenvalue weighted by Gasteiger charge is -2.31. The molecule has 4 rings (SSSR count). The van der Waals surface area contributed by atoms with Crippen LogP contribution >= 0.6 is 11.3 Å². The van der Waals surface area contributed by atoms with E-state index in [9.17, 15) is 4.79 Å². The molecule has 24 heavy (non-hydrogen) atoms. The van der Waals surface area contributed by atoms with Crippen molar-refractivity contribution >= 4 is 17.2 Å². The van der Waals surface area contributed by atoms with Gasteiger partial charge in [-0.05, 0) is 12.8 Å². The Balaban J connectivity index is 1.49. The van der Waals surface area contributed by atoms with Gasteiger partial charge in [-0.25, -0.2) is 4.98 Å². The highest BCUT2D eigenvalue weighted by molar-refractivity contribution is 7.11. The number of carbonyl (C=O) groups excluding carboxylic acids is 1. The Kier molecular flexibility index (Phi) is 4.09. The smallest absolute Gasteiger partial charge is 0.266 e. The topological polar surface area (TPSA) is 81.4 Å². The predicted octanol–water partition coefficient (Wildman–Crippen LogP) is 2.74. The molecule has 0 spiro atoms. The van der Waals surface area contributed by atoms with Crippen LogP contribution < -0.4 is 0 Å². The summed E-state index contributed by atoms with van der Waals surface area (Å²) in [6, 6.07) is 0. The number of amides is 1. The van der Waals surface area contributed by atoms with Crippen LogP contribution in [0.3, 0.4) is 0 Å². The number of morpholine rings is 1. The molecular weight excluding hydrogens is 328 g/mol. The molecule has 1 unspecified atom stereocenters. The van der Waals surface area contributed by atoms with Gasteiger partial charge in [0.25, 0.3) is 5.91 Å². The maximum Gasteiger partial charge on any atom is 0.266 e. The van der Waals surface area contributed by atoms with Crippen molar-refractivity contribution in [2.45, 2.75) is 44.6 Å². The minimum atomic E-state index is -0.361. The molecule has 128 valence electrons. The maximum absolute atomic E-state index is 12.9. The van der Waals surface area contributed by atoms with Crippen molar-refractivity contribution in [2.24, 2.45) is 0 Å². The van der Waals surface area contributed by atoms with Crippen LogP contribution in [0.1, 0.15) is 71.8 Å². The molecule has 1 atom stereocenters. The molecule has 0 radical (unpaired) electrons. The third-order valence-electron chi connectivity index (χ3n) is 4.33. The van der Waals surface area contributed by atoms with Crippen molar-refractivity contribution in [1.29, 1.82) is 0 Å². The molecule has 0 N–H and O–H groups in total. The molecule has 8 heteroatoms. The van der Waals surface area contributed by atoms with Crippen molar-refractivity contribution in [3.8, 4) is 0 Å². The first-order valence-electron chi connectivity index (χ1n) is 8.31. The van der Waals surface area contributed by atoms with Crippen LogP contribution in [-0.2, 0) is 4.74 Å². The van der Waals surface area contributed by atoms with Gasteiger partial charge in [-0.2, -0.15) is 0 Å². The number of rotatable bonds is 4. The molecule has 2 fully saturated rings. The summed E-state index contributed by atoms with van der Waals surface area (Å²) < 4.78 is 11.4. The molecule has 0 bridgehead atoms. The number of thiazole rings is 1. The molecule has 2 aliphatic rings. The molecule has 1 aliphatic carbocycles. The molecule has 2 aromatic heterocycles. The lowest BCUT2D eigenvalue weighted by molar-refractivity contribution is -0.0350. The third-order valence-corrected chi connectivity index (χ3v) is 5.16. The third kappa shape index (κ3) is 2.95. The van der Waals surface area contributed by atoms with Gasteiger partial charge in [0, 0.05) is 18.4 Å². The predicted molar refractivity (Wildman–Crippen MR) is 87.1 cm³/mol. The van der Waals surface area contributed by atoms with Crippen molar-refractivity contribution in [3.05, 3.63) is 27.9 Å². The lowest BCUT2D eigenvalue weighted by atomic mass is 10.2. The molecule has 2 aromatic rings. The van der Waals surface area contributed by atoms with Gasteiger partial charge < -0.3 is 14.1 Å². The first-order chi connectivity index (χ1) is 11.6. The fourth-order valence-electron chi connectivity index (χ4n) is 2.80. The Labute approximate surface area is 144 Å². The fourth-order valence-corrected chi connectivity index (χ4v) is 3.64. The van der Waals surface area contributed by atoms with Crippen LogP contribution in [0.15, 0.2) is 9.93 Å². The van der Waals surface area contributed by atoms with Gasteiger partial charge in [0.05, 0.1) is 24.4 Å². The maximum atomic E-state index is 12.9. The highest BCUT2D eigenvalue weighted by Gasteiger charge is 2.35. The zero-order chi connectivity index (χ0) is 16.7. The van der Waals surface area contributed by atoms with Gasteiger partial charge in [-0.15, -0.1) is 21.5 Å². The van der Waals surface area contributed by atoms with Gasteiger partial charge in [0.2, 0.25) is 11.8 Å². The number of aromatic nitrogens is 3. The van der Waals surface area contributed by atoms with Crippen molar-refractivity contribution in [2.75, 3.05) is 19.7 Å². The van der Waals surface area contributed by atoms with Gasteiger partial charge in [0.1, 0.15) is 4.88 Å². The van der Waals surface area contributed by atoms with E-state index in [0.717, 1.165) is 23.4 Å². The number of carbonyl (C=O) groups is 1. The first-order valence-corrected chi connectivity index (χ1v) is 9.19. The highest BCUT2D eigenvalue weighted by Crippen LogP contribution is 2.42. The lowest BCUT2D eigenvalue weighted by Crippen LogP contribution is -2.42. The zero-order valence-electron chi connectivity index (χ0n) is 13.8. The van der Waals surface area contributed by atoms with Gasteiger partial charge in [-0.1, -0.05) is 13.8 Å². The first kappa shape index (κ1) is 15.7. The van der Waals surface area contributed by atoms with Crippen LogP contribution in [0.4, 0.5) is 0 Å². The molecule has 1 saturated carbocycles. The average Bonchev–Trinajstić information content (AvgIpc) is 3.13. The minimum Gasteiger partial charge on any atom is -0.422 e. The summed E-state index contributed by atoms with van der Waals surface area (Å²) in [5.41, 5.74) is 2.74. The molecule has 7 nitrogen and oxygen atoms in total. The van der Waals surface area contributed by atoms with E-state index in [2.05, 4.69) is 15.2 Å². The summed E-state index contributed by atoms with van der Waals surface area (Å²) in [5, 5.41) is 8.13. The summed E-state index contributed by atoms with van der Waals surface area (Å²) in [7, 11) is 0. The zero-order valence-corrected chi connectivity index (χ0v) is 14.6. The number of ether oxygens (including phenoxy) is 1. The standard InChI is InChI=1S/C16H20N4O3S/c1-9(2)14-18-19-15(23-14)11-7-20(5-6-22-11)16(21)13-12(10-3-4-10)17-8-24-13/h8-11H,3-7H2,1-2H3. The van der Waals surface area contributed by atoms with Crippen molar-refractivity contribution in [3.63, 3.8) is 0 Å². The summed E-state index contributed by atoms with van der Waals surface area (Å²) in [6.07, 6.45) is 1.91. The largest absolute Gasteiger partial charge is 0.422 e. The van der Waals surface area contributed by atoms with Crippen LogP contribution in [0.25, 0.3) is 0 Å². The van der Waals surface area contributed by atoms with E-state index in [0.29, 0.717) is 37.4 Å².